The largest absolute Gasteiger partial charge is 0.302 e. The van der Waals surface area contributed by atoms with Crippen molar-refractivity contribution >= 4 is 61.0 Å². The molecule has 3 aromatic rings. The molecule has 9 heteroatoms. The number of halogens is 1. The van der Waals surface area contributed by atoms with Crippen molar-refractivity contribution in [3.05, 3.63) is 44.1 Å². The number of hydrogen-bond acceptors (Lipinski definition) is 6. The zero-order chi connectivity index (χ0) is 19.6. The van der Waals surface area contributed by atoms with Gasteiger partial charge in [0, 0.05) is 29.1 Å². The monoisotopic (exact) mass is 466 g/mol. The van der Waals surface area contributed by atoms with E-state index in [1.54, 1.807) is 4.57 Å². The quantitative estimate of drug-likeness (QED) is 0.426. The predicted molar refractivity (Wildman–Crippen MR) is 115 cm³/mol. The Hall–Kier alpha value is -1.71. The van der Waals surface area contributed by atoms with E-state index in [0.717, 1.165) is 10.2 Å². The minimum atomic E-state index is -0.142. The van der Waals surface area contributed by atoms with Crippen molar-refractivity contribution < 1.29 is 4.79 Å². The van der Waals surface area contributed by atoms with E-state index in [1.807, 2.05) is 23.6 Å². The number of amides is 1. The minimum Gasteiger partial charge on any atom is -0.302 e. The van der Waals surface area contributed by atoms with Gasteiger partial charge in [-0.3, -0.25) is 14.2 Å². The standard InChI is InChI=1S/C18H19BrN4O2S2/c1-10(2)7-23-16(25)14-6-12(19)4-5-15(14)22-18(23)27-9-13-8-26-17(21-13)20-11(3)24/h4-6,8,10H,7,9H2,1-3H3,(H,20,21,24). The summed E-state index contributed by atoms with van der Waals surface area (Å²) in [4.78, 5) is 33.2. The van der Waals surface area contributed by atoms with Gasteiger partial charge < -0.3 is 5.32 Å². The highest BCUT2D eigenvalue weighted by atomic mass is 79.9. The lowest BCUT2D eigenvalue weighted by Gasteiger charge is -2.14. The van der Waals surface area contributed by atoms with Crippen LogP contribution in [0.1, 0.15) is 26.5 Å². The van der Waals surface area contributed by atoms with E-state index in [9.17, 15) is 9.59 Å². The number of rotatable bonds is 6. The topological polar surface area (TPSA) is 76.9 Å². The number of fused-ring (bicyclic) bond motifs is 1. The number of nitrogens with zero attached hydrogens (tertiary/aromatic N) is 3. The van der Waals surface area contributed by atoms with Crippen LogP contribution in [0.5, 0.6) is 0 Å². The molecule has 0 unspecified atom stereocenters. The molecule has 0 fully saturated rings. The van der Waals surface area contributed by atoms with Gasteiger partial charge in [0.2, 0.25) is 5.91 Å². The Balaban J connectivity index is 1.92. The van der Waals surface area contributed by atoms with E-state index < -0.39 is 0 Å². The molecule has 0 atom stereocenters. The molecule has 1 aromatic carbocycles. The first-order valence-electron chi connectivity index (χ1n) is 8.38. The number of carbonyl (C=O) groups is 1. The number of benzene rings is 1. The van der Waals surface area contributed by atoms with Gasteiger partial charge in [-0.1, -0.05) is 41.5 Å². The molecule has 2 aromatic heterocycles. The molecule has 3 rings (SSSR count). The second kappa shape index (κ2) is 8.53. The first-order chi connectivity index (χ1) is 12.8. The van der Waals surface area contributed by atoms with Gasteiger partial charge in [-0.2, -0.15) is 0 Å². The molecule has 0 saturated carbocycles. The second-order valence-corrected chi connectivity index (χ2v) is 9.20. The van der Waals surface area contributed by atoms with Gasteiger partial charge >= 0.3 is 0 Å². The lowest BCUT2D eigenvalue weighted by atomic mass is 10.2. The zero-order valence-electron chi connectivity index (χ0n) is 15.2. The van der Waals surface area contributed by atoms with Crippen LogP contribution in [0.3, 0.4) is 0 Å². The van der Waals surface area contributed by atoms with Crippen LogP contribution in [0.2, 0.25) is 0 Å². The van der Waals surface area contributed by atoms with Crippen LogP contribution in [0.4, 0.5) is 5.13 Å². The van der Waals surface area contributed by atoms with Gasteiger partial charge in [-0.25, -0.2) is 9.97 Å². The zero-order valence-corrected chi connectivity index (χ0v) is 18.4. The Morgan fingerprint density at radius 3 is 2.85 bits per heavy atom. The molecule has 27 heavy (non-hydrogen) atoms. The molecule has 2 heterocycles. The van der Waals surface area contributed by atoms with Crippen molar-refractivity contribution in [2.24, 2.45) is 5.92 Å². The van der Waals surface area contributed by atoms with Crippen molar-refractivity contribution in [3.63, 3.8) is 0 Å². The maximum atomic E-state index is 13.0. The molecular formula is C18H19BrN4O2S2. The van der Waals surface area contributed by atoms with Gasteiger partial charge in [0.05, 0.1) is 16.6 Å². The molecule has 6 nitrogen and oxygen atoms in total. The first kappa shape index (κ1) is 20.0. The van der Waals surface area contributed by atoms with E-state index >= 15 is 0 Å². The normalized spacial score (nSPS) is 11.3. The third-order valence-electron chi connectivity index (χ3n) is 3.61. The number of thioether (sulfide) groups is 1. The number of carbonyl (C=O) groups excluding carboxylic acids is 1. The molecule has 0 spiro atoms. The van der Waals surface area contributed by atoms with E-state index in [0.29, 0.717) is 39.4 Å². The number of nitrogens with one attached hydrogen (secondary N) is 1. The number of anilines is 1. The van der Waals surface area contributed by atoms with Crippen molar-refractivity contribution in [1.82, 2.24) is 14.5 Å². The Morgan fingerprint density at radius 1 is 1.37 bits per heavy atom. The Morgan fingerprint density at radius 2 is 2.15 bits per heavy atom. The molecule has 0 radical (unpaired) electrons. The molecule has 0 saturated heterocycles. The fourth-order valence-electron chi connectivity index (χ4n) is 2.53. The Kier molecular flexibility index (Phi) is 6.33. The smallest absolute Gasteiger partial charge is 0.262 e. The van der Waals surface area contributed by atoms with E-state index in [1.165, 1.54) is 30.0 Å². The van der Waals surface area contributed by atoms with Crippen LogP contribution in [-0.4, -0.2) is 20.4 Å². The van der Waals surface area contributed by atoms with Crippen molar-refractivity contribution in [2.45, 2.75) is 38.2 Å². The highest BCUT2D eigenvalue weighted by molar-refractivity contribution is 9.10. The van der Waals surface area contributed by atoms with Crippen LogP contribution in [0.25, 0.3) is 10.9 Å². The average Bonchev–Trinajstić information content (AvgIpc) is 3.03. The second-order valence-electron chi connectivity index (χ2n) is 6.48. The van der Waals surface area contributed by atoms with Crippen LogP contribution >= 0.6 is 39.0 Å². The number of thiazole rings is 1. The third-order valence-corrected chi connectivity index (χ3v) is 5.92. The lowest BCUT2D eigenvalue weighted by molar-refractivity contribution is -0.114. The van der Waals surface area contributed by atoms with Crippen LogP contribution in [-0.2, 0) is 17.1 Å². The third kappa shape index (κ3) is 4.97. The summed E-state index contributed by atoms with van der Waals surface area (Å²) in [7, 11) is 0. The highest BCUT2D eigenvalue weighted by Crippen LogP contribution is 2.26. The molecule has 1 N–H and O–H groups in total. The van der Waals surface area contributed by atoms with Crippen molar-refractivity contribution in [2.75, 3.05) is 5.32 Å². The molecule has 1 amide bonds. The molecule has 0 aliphatic heterocycles. The summed E-state index contributed by atoms with van der Waals surface area (Å²) in [6.07, 6.45) is 0. The van der Waals surface area contributed by atoms with Gasteiger partial charge in [0.1, 0.15) is 0 Å². The molecular weight excluding hydrogens is 448 g/mol. The predicted octanol–water partition coefficient (Wildman–Crippen LogP) is 4.52. The summed E-state index contributed by atoms with van der Waals surface area (Å²) < 4.78 is 2.60. The maximum absolute atomic E-state index is 13.0. The number of aromatic nitrogens is 3. The van der Waals surface area contributed by atoms with E-state index in [4.69, 9.17) is 4.98 Å². The summed E-state index contributed by atoms with van der Waals surface area (Å²) in [5.74, 6) is 0.749. The van der Waals surface area contributed by atoms with Gasteiger partial charge in [-0.05, 0) is 24.1 Å². The Bertz CT molecular complexity index is 1050. The van der Waals surface area contributed by atoms with E-state index in [-0.39, 0.29) is 11.5 Å². The summed E-state index contributed by atoms with van der Waals surface area (Å²) in [5.41, 5.74) is 1.49. The van der Waals surface area contributed by atoms with Gasteiger partial charge in [0.25, 0.3) is 5.56 Å². The number of hydrogen-bond donors (Lipinski definition) is 1. The van der Waals surface area contributed by atoms with Crippen LogP contribution < -0.4 is 10.9 Å². The molecule has 0 aliphatic carbocycles. The lowest BCUT2D eigenvalue weighted by Crippen LogP contribution is -2.25. The molecule has 0 aliphatic rings. The highest BCUT2D eigenvalue weighted by Gasteiger charge is 2.14. The summed E-state index contributed by atoms with van der Waals surface area (Å²) in [6, 6.07) is 5.55. The first-order valence-corrected chi connectivity index (χ1v) is 11.0. The fraction of sp³-hybridized carbons (Fsp3) is 0.333. The SMILES string of the molecule is CC(=O)Nc1nc(CSc2nc3ccc(Br)cc3c(=O)n2CC(C)C)cs1. The maximum Gasteiger partial charge on any atom is 0.262 e. The average molecular weight is 467 g/mol. The molecule has 142 valence electrons. The summed E-state index contributed by atoms with van der Waals surface area (Å²) in [5, 5.41) is 6.45. The minimum absolute atomic E-state index is 0.0327. The van der Waals surface area contributed by atoms with Crippen LogP contribution in [0, 0.1) is 5.92 Å². The van der Waals surface area contributed by atoms with Gasteiger partial charge in [0.15, 0.2) is 10.3 Å². The van der Waals surface area contributed by atoms with Crippen molar-refractivity contribution in [3.8, 4) is 0 Å². The van der Waals surface area contributed by atoms with Crippen LogP contribution in [0.15, 0.2) is 38.0 Å². The van der Waals surface area contributed by atoms with Crippen molar-refractivity contribution in [1.29, 1.82) is 0 Å². The fourth-order valence-corrected chi connectivity index (χ4v) is 4.65. The Labute approximate surface area is 173 Å². The molecule has 0 bridgehead atoms. The van der Waals surface area contributed by atoms with Gasteiger partial charge in [-0.15, -0.1) is 11.3 Å². The summed E-state index contributed by atoms with van der Waals surface area (Å²) >= 11 is 6.29. The summed E-state index contributed by atoms with van der Waals surface area (Å²) in [6.45, 7) is 6.21. The van der Waals surface area contributed by atoms with E-state index in [2.05, 4.69) is 40.1 Å².